The maximum absolute atomic E-state index is 9.40. The van der Waals surface area contributed by atoms with E-state index in [1.54, 1.807) is 0 Å². The number of aldehydes is 1. The van der Waals surface area contributed by atoms with Gasteiger partial charge in [0, 0.05) is 47.3 Å². The van der Waals surface area contributed by atoms with Gasteiger partial charge in [-0.05, 0) is 27.2 Å². The fourth-order valence-corrected chi connectivity index (χ4v) is 0.635. The molecule has 0 spiro atoms. The van der Waals surface area contributed by atoms with Gasteiger partial charge in [0.15, 0.2) is 6.29 Å². The van der Waals surface area contributed by atoms with Crippen LogP contribution in [0.15, 0.2) is 0 Å². The second kappa shape index (κ2) is 40.2. The van der Waals surface area contributed by atoms with Gasteiger partial charge in [-0.25, -0.2) is 0 Å². The molecule has 0 heterocycles. The number of rotatable bonds is 6. The Morgan fingerprint density at radius 3 is 1.00 bits per heavy atom. The normalized spacial score (nSPS) is 7.62. The molecular weight excluding hydrogens is 392 g/mol. The molecule has 29 heavy (non-hydrogen) atoms. The van der Waals surface area contributed by atoms with Crippen LogP contribution in [-0.2, 0) is 33.4 Å². The number of aliphatic carboxylic acids is 4. The molecule has 0 aromatic rings. The van der Waals surface area contributed by atoms with Crippen molar-refractivity contribution in [3.8, 4) is 0 Å². The van der Waals surface area contributed by atoms with Crippen LogP contribution < -0.4 is 0 Å². The number of ether oxygens (including phenoxy) is 2. The first-order valence-electron chi connectivity index (χ1n) is 8.60. The minimum Gasteiger partial charge on any atom is -0.481 e. The van der Waals surface area contributed by atoms with E-state index in [0.29, 0.717) is 6.42 Å². The molecule has 0 unspecified atom stereocenters. The molecule has 0 aliphatic carbocycles. The maximum Gasteiger partial charge on any atom is 0.300 e. The highest BCUT2D eigenvalue weighted by Gasteiger charge is 1.94. The Kier molecular flexibility index (Phi) is 56.9. The van der Waals surface area contributed by atoms with Gasteiger partial charge in [-0.15, -0.1) is 0 Å². The van der Waals surface area contributed by atoms with Gasteiger partial charge in [-0.1, -0.05) is 6.92 Å². The number of hydrogen-bond donors (Lipinski definition) is 4. The van der Waals surface area contributed by atoms with Gasteiger partial charge < -0.3 is 34.7 Å². The van der Waals surface area contributed by atoms with E-state index < -0.39 is 23.9 Å². The van der Waals surface area contributed by atoms with Gasteiger partial charge in [0.2, 0.25) is 0 Å². The molecule has 0 aliphatic heterocycles. The van der Waals surface area contributed by atoms with E-state index in [1.807, 2.05) is 27.7 Å². The summed E-state index contributed by atoms with van der Waals surface area (Å²) >= 11 is 0. The highest BCUT2D eigenvalue weighted by Crippen LogP contribution is 1.90. The number of hydrogen-bond acceptors (Lipinski definition) is 7. The van der Waals surface area contributed by atoms with Crippen molar-refractivity contribution in [3.63, 3.8) is 0 Å². The minimum atomic E-state index is -0.833. The lowest BCUT2D eigenvalue weighted by molar-refractivity contribution is -0.135. The van der Waals surface area contributed by atoms with E-state index in [0.717, 1.165) is 53.6 Å². The van der Waals surface area contributed by atoms with Crippen LogP contribution in [0.5, 0.6) is 0 Å². The third kappa shape index (κ3) is 469. The molecule has 0 radical (unpaired) electrons. The van der Waals surface area contributed by atoms with Crippen LogP contribution in [0.2, 0.25) is 0 Å². The first-order valence-corrected chi connectivity index (χ1v) is 8.60. The summed E-state index contributed by atoms with van der Waals surface area (Å²) in [5.74, 6) is -3.33. The summed E-state index contributed by atoms with van der Waals surface area (Å²) in [6.45, 7) is 13.6. The van der Waals surface area contributed by atoms with Gasteiger partial charge in [0.05, 0.1) is 0 Å². The van der Waals surface area contributed by atoms with Gasteiger partial charge >= 0.3 is 0 Å². The zero-order chi connectivity index (χ0) is 24.8. The predicted octanol–water partition coefficient (Wildman–Crippen LogP) is 2.75. The largest absolute Gasteiger partial charge is 0.481 e. The molecule has 11 heteroatoms. The van der Waals surface area contributed by atoms with Crippen molar-refractivity contribution in [1.29, 1.82) is 0 Å². The Bertz CT molecular complexity index is 312. The van der Waals surface area contributed by atoms with Gasteiger partial charge in [-0.2, -0.15) is 0 Å². The van der Waals surface area contributed by atoms with Crippen molar-refractivity contribution < 1.29 is 53.9 Å². The lowest BCUT2D eigenvalue weighted by Gasteiger charge is -2.09. The Balaban J connectivity index is -0.0000000563. The highest BCUT2D eigenvalue weighted by atomic mass is 16.7. The molecular formula is C18H38O11. The van der Waals surface area contributed by atoms with E-state index in [4.69, 9.17) is 49.1 Å². The van der Waals surface area contributed by atoms with Crippen molar-refractivity contribution in [2.24, 2.45) is 0 Å². The molecule has 0 atom stereocenters. The van der Waals surface area contributed by atoms with E-state index >= 15 is 0 Å². The second-order valence-corrected chi connectivity index (χ2v) is 4.51. The molecule has 0 aliphatic rings. The van der Waals surface area contributed by atoms with Crippen LogP contribution in [0.1, 0.15) is 68.2 Å². The maximum atomic E-state index is 9.40. The lowest BCUT2D eigenvalue weighted by Crippen LogP contribution is -2.11. The molecule has 0 rings (SSSR count). The zero-order valence-corrected chi connectivity index (χ0v) is 18.6. The van der Waals surface area contributed by atoms with Gasteiger partial charge in [0.25, 0.3) is 23.9 Å². The van der Waals surface area contributed by atoms with Crippen LogP contribution in [-0.4, -0.2) is 70.1 Å². The van der Waals surface area contributed by atoms with Crippen LogP contribution in [0.3, 0.4) is 0 Å². The molecule has 0 saturated heterocycles. The van der Waals surface area contributed by atoms with E-state index in [9.17, 15) is 4.79 Å². The van der Waals surface area contributed by atoms with E-state index in [1.165, 1.54) is 0 Å². The first-order chi connectivity index (χ1) is 13.2. The average Bonchev–Trinajstić information content (AvgIpc) is 2.46. The molecule has 0 aromatic carbocycles. The number of carbonyl (C=O) groups excluding carboxylic acids is 1. The van der Waals surface area contributed by atoms with Gasteiger partial charge in [0.1, 0.15) is 6.29 Å². The zero-order valence-electron chi connectivity index (χ0n) is 18.6. The number of unbranched alkanes of at least 4 members (excludes halogenated alkanes) is 1. The van der Waals surface area contributed by atoms with Crippen LogP contribution in [0, 0.1) is 0 Å². The molecule has 11 nitrogen and oxygen atoms in total. The third-order valence-corrected chi connectivity index (χ3v) is 1.21. The fraction of sp³-hybridized carbons (Fsp3) is 0.722. The monoisotopic (exact) mass is 430 g/mol. The molecule has 4 N–H and O–H groups in total. The van der Waals surface area contributed by atoms with Crippen molar-refractivity contribution in [1.82, 2.24) is 0 Å². The molecule has 0 aromatic heterocycles. The third-order valence-electron chi connectivity index (χ3n) is 1.21. The molecule has 0 amide bonds. The molecule has 176 valence electrons. The Morgan fingerprint density at radius 1 is 0.724 bits per heavy atom. The van der Waals surface area contributed by atoms with Crippen LogP contribution in [0.4, 0.5) is 0 Å². The summed E-state index contributed by atoms with van der Waals surface area (Å²) in [4.78, 5) is 45.4. The number of carboxylic acid groups (broad SMARTS) is 4. The lowest BCUT2D eigenvalue weighted by atomic mass is 10.4. The van der Waals surface area contributed by atoms with Crippen molar-refractivity contribution in [2.75, 3.05) is 13.2 Å². The quantitative estimate of drug-likeness (QED) is 0.358. The van der Waals surface area contributed by atoms with Crippen molar-refractivity contribution in [3.05, 3.63) is 0 Å². The summed E-state index contributed by atoms with van der Waals surface area (Å²) in [7, 11) is 0. The van der Waals surface area contributed by atoms with Crippen LogP contribution in [0.25, 0.3) is 0 Å². The van der Waals surface area contributed by atoms with Crippen LogP contribution >= 0.6 is 0 Å². The Hall–Kier alpha value is -2.53. The summed E-state index contributed by atoms with van der Waals surface area (Å²) in [5.41, 5.74) is 0. The van der Waals surface area contributed by atoms with E-state index in [-0.39, 0.29) is 6.29 Å². The number of carboxylic acids is 4. The van der Waals surface area contributed by atoms with E-state index in [2.05, 4.69) is 0 Å². The number of carbonyl (C=O) groups is 5. The average molecular weight is 430 g/mol. The first kappa shape index (κ1) is 41.0. The standard InChI is InChI=1S/C6H14O2.C4H8O.4C2H4O2/c1-4-7-6(3)8-5-2;1-2-3-4-5;4*1-2(3)4/h6H,4-5H2,1-3H3;4H,2-3H2,1H3;4*1H3,(H,3,4). The topological polar surface area (TPSA) is 185 Å². The molecule has 0 saturated carbocycles. The molecule has 0 fully saturated rings. The minimum absolute atomic E-state index is 0.0370. The predicted molar refractivity (Wildman–Crippen MR) is 107 cm³/mol. The summed E-state index contributed by atoms with van der Waals surface area (Å²) in [5, 5.41) is 29.7. The van der Waals surface area contributed by atoms with Crippen molar-refractivity contribution >= 4 is 30.2 Å². The summed E-state index contributed by atoms with van der Waals surface area (Å²) in [6.07, 6.45) is 2.58. The smallest absolute Gasteiger partial charge is 0.300 e. The van der Waals surface area contributed by atoms with Gasteiger partial charge in [-0.3, -0.25) is 19.2 Å². The second-order valence-electron chi connectivity index (χ2n) is 4.51. The Labute approximate surface area is 172 Å². The Morgan fingerprint density at radius 2 is 0.931 bits per heavy atom. The summed E-state index contributed by atoms with van der Waals surface area (Å²) in [6, 6.07) is 0. The fourth-order valence-electron chi connectivity index (χ4n) is 0.635. The van der Waals surface area contributed by atoms with Crippen molar-refractivity contribution in [2.45, 2.75) is 74.5 Å². The SMILES string of the molecule is CC(=O)O.CC(=O)O.CC(=O)O.CC(=O)O.CCCC=O.CCOC(C)OCC. The highest BCUT2D eigenvalue weighted by molar-refractivity contribution is 5.63. The molecule has 0 bridgehead atoms. The summed E-state index contributed by atoms with van der Waals surface area (Å²) < 4.78 is 10.1.